The van der Waals surface area contributed by atoms with E-state index in [1.807, 2.05) is 0 Å². The van der Waals surface area contributed by atoms with Gasteiger partial charge in [-0.1, -0.05) is 123 Å². The SMILES string of the molecule is CCCCCCCCC1(CCCCCCCC)COC(=O)CCCC(=O)NC12CCC(c1nc3c(Cl)c(C(C)(C)C)[nH]n3n1)CC2. The zero-order valence-corrected chi connectivity index (χ0v) is 30.3. The standard InChI is InChI=1S/C37H62ClN5O3/c1-6-8-10-12-14-16-23-36(24-17-15-13-11-9-7-2)27-46-30(45)20-18-19-29(44)40-37(36)25-21-28(22-26-37)33-39-34-31(38)32(35(3,4)5)41-43(34)42-33/h28,41H,6-27H2,1-5H3,(H,40,44). The zero-order chi connectivity index (χ0) is 33.2. The Kier molecular flexibility index (Phi) is 13.4. The number of cyclic esters (lactones) is 1. The van der Waals surface area contributed by atoms with Gasteiger partial charge in [0.2, 0.25) is 5.91 Å². The lowest BCUT2D eigenvalue weighted by molar-refractivity contribution is -0.154. The maximum atomic E-state index is 13.5. The van der Waals surface area contributed by atoms with Gasteiger partial charge in [-0.05, 0) is 44.9 Å². The summed E-state index contributed by atoms with van der Waals surface area (Å²) in [6, 6.07) is 0. The van der Waals surface area contributed by atoms with Crippen LogP contribution in [0.1, 0.15) is 187 Å². The van der Waals surface area contributed by atoms with Gasteiger partial charge in [0.15, 0.2) is 11.5 Å². The smallest absolute Gasteiger partial charge is 0.305 e. The van der Waals surface area contributed by atoms with Gasteiger partial charge in [0, 0.05) is 35.1 Å². The first-order valence-corrected chi connectivity index (χ1v) is 19.0. The molecule has 2 N–H and O–H groups in total. The number of aromatic amines is 1. The molecule has 0 bridgehead atoms. The van der Waals surface area contributed by atoms with Crippen molar-refractivity contribution in [2.45, 2.75) is 186 Å². The highest BCUT2D eigenvalue weighted by Gasteiger charge is 2.54. The number of carbonyl (C=O) groups excluding carboxylic acids is 2. The lowest BCUT2D eigenvalue weighted by Gasteiger charge is -2.54. The Hall–Kier alpha value is -2.09. The van der Waals surface area contributed by atoms with Gasteiger partial charge in [0.25, 0.3) is 0 Å². The summed E-state index contributed by atoms with van der Waals surface area (Å²) in [5.41, 5.74) is 0.786. The second-order valence-corrected chi connectivity index (χ2v) is 15.9. The number of halogens is 1. The molecule has 1 saturated heterocycles. The second-order valence-electron chi connectivity index (χ2n) is 15.5. The monoisotopic (exact) mass is 659 g/mol. The molecule has 46 heavy (non-hydrogen) atoms. The number of aromatic nitrogens is 4. The normalized spacial score (nSPS) is 22.7. The molecule has 3 heterocycles. The number of esters is 1. The fourth-order valence-electron chi connectivity index (χ4n) is 8.03. The van der Waals surface area contributed by atoms with Gasteiger partial charge < -0.3 is 10.1 Å². The van der Waals surface area contributed by atoms with Crippen LogP contribution in [-0.4, -0.2) is 43.8 Å². The number of H-pyrrole nitrogens is 1. The van der Waals surface area contributed by atoms with E-state index < -0.39 is 5.54 Å². The van der Waals surface area contributed by atoms with E-state index in [9.17, 15) is 9.59 Å². The number of hydrogen-bond donors (Lipinski definition) is 2. The van der Waals surface area contributed by atoms with E-state index in [0.717, 1.165) is 62.9 Å². The molecule has 1 spiro atoms. The lowest BCUT2D eigenvalue weighted by atomic mass is 9.57. The van der Waals surface area contributed by atoms with Crippen molar-refractivity contribution in [1.29, 1.82) is 0 Å². The van der Waals surface area contributed by atoms with Gasteiger partial charge in [-0.15, -0.1) is 5.10 Å². The summed E-state index contributed by atoms with van der Waals surface area (Å²) in [6.07, 6.45) is 21.2. The predicted octanol–water partition coefficient (Wildman–Crippen LogP) is 9.74. The highest BCUT2D eigenvalue weighted by Crippen LogP contribution is 2.52. The number of fused-ring (bicyclic) bond motifs is 1. The molecule has 8 nitrogen and oxygen atoms in total. The van der Waals surface area contributed by atoms with Crippen LogP contribution in [0.15, 0.2) is 0 Å². The van der Waals surface area contributed by atoms with E-state index in [-0.39, 0.29) is 28.6 Å². The van der Waals surface area contributed by atoms with Crippen molar-refractivity contribution >= 4 is 29.1 Å². The van der Waals surface area contributed by atoms with Crippen LogP contribution in [-0.2, 0) is 19.7 Å². The van der Waals surface area contributed by atoms with Crippen LogP contribution in [0.25, 0.3) is 5.65 Å². The van der Waals surface area contributed by atoms with E-state index >= 15 is 0 Å². The third-order valence-electron chi connectivity index (χ3n) is 10.9. The number of nitrogens with zero attached hydrogens (tertiary/aromatic N) is 3. The van der Waals surface area contributed by atoms with Crippen molar-refractivity contribution in [2.75, 3.05) is 6.61 Å². The third-order valence-corrected chi connectivity index (χ3v) is 11.3. The van der Waals surface area contributed by atoms with E-state index in [1.54, 1.807) is 4.63 Å². The molecule has 2 aliphatic rings. The van der Waals surface area contributed by atoms with Gasteiger partial charge in [0.05, 0.1) is 12.3 Å². The fourth-order valence-corrected chi connectivity index (χ4v) is 8.48. The van der Waals surface area contributed by atoms with E-state index in [4.69, 9.17) is 26.4 Å². The number of hydrogen-bond acceptors (Lipinski definition) is 5. The first-order chi connectivity index (χ1) is 22.0. The number of ether oxygens (including phenoxy) is 1. The molecule has 4 rings (SSSR count). The molecule has 2 aromatic heterocycles. The predicted molar refractivity (Wildman–Crippen MR) is 186 cm³/mol. The highest BCUT2D eigenvalue weighted by atomic mass is 35.5. The molecule has 0 unspecified atom stereocenters. The summed E-state index contributed by atoms with van der Waals surface area (Å²) in [7, 11) is 0. The summed E-state index contributed by atoms with van der Waals surface area (Å²) in [4.78, 5) is 31.4. The molecule has 1 amide bonds. The molecule has 0 atom stereocenters. The number of rotatable bonds is 15. The third kappa shape index (κ3) is 9.08. The maximum Gasteiger partial charge on any atom is 0.305 e. The van der Waals surface area contributed by atoms with E-state index in [0.29, 0.717) is 36.5 Å². The molecule has 9 heteroatoms. The minimum atomic E-state index is -0.414. The average molecular weight is 660 g/mol. The molecule has 2 aromatic rings. The van der Waals surface area contributed by atoms with Gasteiger partial charge in [-0.3, -0.25) is 14.7 Å². The highest BCUT2D eigenvalue weighted by molar-refractivity contribution is 6.34. The summed E-state index contributed by atoms with van der Waals surface area (Å²) in [5.74, 6) is 0.929. The van der Waals surface area contributed by atoms with Crippen LogP contribution in [0, 0.1) is 5.41 Å². The molecule has 0 aromatic carbocycles. The van der Waals surface area contributed by atoms with Crippen molar-refractivity contribution in [1.82, 2.24) is 25.1 Å². The Morgan fingerprint density at radius 1 is 0.891 bits per heavy atom. The Balaban J connectivity index is 1.60. The topological polar surface area (TPSA) is 101 Å². The second kappa shape index (κ2) is 16.8. The van der Waals surface area contributed by atoms with Crippen LogP contribution in [0.2, 0.25) is 5.02 Å². The van der Waals surface area contributed by atoms with Crippen molar-refractivity contribution in [3.8, 4) is 0 Å². The largest absolute Gasteiger partial charge is 0.465 e. The number of nitrogens with one attached hydrogen (secondary N) is 2. The van der Waals surface area contributed by atoms with Crippen molar-refractivity contribution in [3.05, 3.63) is 16.5 Å². The van der Waals surface area contributed by atoms with Crippen LogP contribution < -0.4 is 5.32 Å². The summed E-state index contributed by atoms with van der Waals surface area (Å²) in [5, 5.41) is 12.5. The van der Waals surface area contributed by atoms with Crippen LogP contribution in [0.5, 0.6) is 0 Å². The van der Waals surface area contributed by atoms with Gasteiger partial charge in [-0.2, -0.15) is 4.63 Å². The average Bonchev–Trinajstić information content (AvgIpc) is 3.58. The minimum Gasteiger partial charge on any atom is -0.465 e. The van der Waals surface area contributed by atoms with Crippen molar-refractivity contribution in [2.24, 2.45) is 5.41 Å². The first-order valence-electron chi connectivity index (χ1n) is 18.7. The van der Waals surface area contributed by atoms with Crippen LogP contribution in [0.4, 0.5) is 0 Å². The maximum absolute atomic E-state index is 13.5. The number of unbranched alkanes of at least 4 members (excludes halogenated alkanes) is 10. The summed E-state index contributed by atoms with van der Waals surface area (Å²) >= 11 is 6.77. The van der Waals surface area contributed by atoms with Gasteiger partial charge >= 0.3 is 5.97 Å². The molecule has 260 valence electrons. The molecule has 1 aliphatic heterocycles. The lowest BCUT2D eigenvalue weighted by Crippen LogP contribution is -2.63. The van der Waals surface area contributed by atoms with Gasteiger partial charge in [0.1, 0.15) is 5.02 Å². The molecule has 0 radical (unpaired) electrons. The summed E-state index contributed by atoms with van der Waals surface area (Å²) in [6.45, 7) is 11.3. The zero-order valence-electron chi connectivity index (χ0n) is 29.6. The van der Waals surface area contributed by atoms with Crippen molar-refractivity contribution < 1.29 is 14.3 Å². The number of carbonyl (C=O) groups is 2. The Labute approximate surface area is 282 Å². The van der Waals surface area contributed by atoms with Crippen LogP contribution >= 0.6 is 11.6 Å². The van der Waals surface area contributed by atoms with Crippen LogP contribution in [0.3, 0.4) is 0 Å². The van der Waals surface area contributed by atoms with E-state index in [1.165, 1.54) is 64.2 Å². The fraction of sp³-hybridized carbons (Fsp3) is 0.838. The quantitative estimate of drug-likeness (QED) is 0.146. The summed E-state index contributed by atoms with van der Waals surface area (Å²) < 4.78 is 7.87. The molecular formula is C37H62ClN5O3. The molecular weight excluding hydrogens is 598 g/mol. The Bertz CT molecular complexity index is 1240. The molecule has 2 fully saturated rings. The Morgan fingerprint density at radius 3 is 2.04 bits per heavy atom. The van der Waals surface area contributed by atoms with Gasteiger partial charge in [-0.25, -0.2) is 4.98 Å². The van der Waals surface area contributed by atoms with E-state index in [2.05, 4.69) is 45.0 Å². The van der Waals surface area contributed by atoms with Crippen molar-refractivity contribution in [3.63, 3.8) is 0 Å². The Morgan fingerprint density at radius 2 is 1.48 bits per heavy atom. The molecule has 1 saturated carbocycles. The minimum absolute atomic E-state index is 0.0818. The molecule has 1 aliphatic carbocycles. The first kappa shape index (κ1) is 36.7. The number of amides is 1.